The minimum atomic E-state index is -0.763. The first-order valence-corrected chi connectivity index (χ1v) is 14.3. The van der Waals surface area contributed by atoms with Crippen molar-refractivity contribution in [1.82, 2.24) is 20.9 Å². The largest absolute Gasteiger partial charge is 0.353 e. The number of nitriles is 1. The van der Waals surface area contributed by atoms with Crippen LogP contribution in [0.5, 0.6) is 0 Å². The number of hydrogen-bond donors (Lipinski definition) is 3. The van der Waals surface area contributed by atoms with Crippen molar-refractivity contribution in [2.75, 3.05) is 6.54 Å². The minimum Gasteiger partial charge on any atom is -0.353 e. The summed E-state index contributed by atoms with van der Waals surface area (Å²) in [7, 11) is 0. The molecule has 8 nitrogen and oxygen atoms in total. The third-order valence-corrected chi connectivity index (χ3v) is 8.10. The summed E-state index contributed by atoms with van der Waals surface area (Å²) in [4.78, 5) is 42.7. The van der Waals surface area contributed by atoms with E-state index in [9.17, 15) is 14.4 Å². The van der Waals surface area contributed by atoms with Crippen LogP contribution in [0.1, 0.15) is 76.3 Å². The fourth-order valence-electron chi connectivity index (χ4n) is 4.76. The Hall–Kier alpha value is -2.99. The second-order valence-corrected chi connectivity index (χ2v) is 11.1. The molecular weight excluding hydrogens is 486 g/mol. The van der Waals surface area contributed by atoms with Gasteiger partial charge in [-0.25, -0.2) is 4.98 Å². The van der Waals surface area contributed by atoms with Crippen LogP contribution in [0.2, 0.25) is 0 Å². The molecule has 3 amide bonds. The van der Waals surface area contributed by atoms with E-state index in [0.717, 1.165) is 40.9 Å². The topological polar surface area (TPSA) is 124 Å². The first-order valence-electron chi connectivity index (χ1n) is 13.5. The van der Waals surface area contributed by atoms with Gasteiger partial charge in [0.2, 0.25) is 17.7 Å². The zero-order chi connectivity index (χ0) is 26.8. The second kappa shape index (κ2) is 14.1. The Morgan fingerprint density at radius 3 is 2.57 bits per heavy atom. The van der Waals surface area contributed by atoms with Crippen molar-refractivity contribution in [2.45, 2.75) is 90.6 Å². The summed E-state index contributed by atoms with van der Waals surface area (Å²) in [5.41, 5.74) is 2.12. The summed E-state index contributed by atoms with van der Waals surface area (Å²) in [6, 6.07) is 7.09. The molecule has 3 N–H and O–H groups in total. The molecule has 200 valence electrons. The Morgan fingerprint density at radius 1 is 1.14 bits per heavy atom. The van der Waals surface area contributed by atoms with Gasteiger partial charge < -0.3 is 16.0 Å². The zero-order valence-corrected chi connectivity index (χ0v) is 23.0. The molecule has 1 unspecified atom stereocenters. The van der Waals surface area contributed by atoms with Gasteiger partial charge in [-0.05, 0) is 43.4 Å². The molecule has 1 aliphatic carbocycles. The Bertz CT molecular complexity index is 1120. The van der Waals surface area contributed by atoms with E-state index in [1.807, 2.05) is 12.1 Å². The average molecular weight is 526 g/mol. The van der Waals surface area contributed by atoms with E-state index < -0.39 is 12.0 Å². The van der Waals surface area contributed by atoms with Crippen molar-refractivity contribution >= 4 is 39.3 Å². The number of carbonyl (C=O) groups is 3. The molecule has 1 heterocycles. The molecule has 0 spiro atoms. The highest BCUT2D eigenvalue weighted by atomic mass is 32.1. The molecule has 0 aliphatic heterocycles. The molecule has 2 aromatic rings. The van der Waals surface area contributed by atoms with Crippen molar-refractivity contribution in [3.63, 3.8) is 0 Å². The number of nitrogens with zero attached hydrogens (tertiary/aromatic N) is 2. The summed E-state index contributed by atoms with van der Waals surface area (Å²) < 4.78 is 1.07. The normalized spacial score (nSPS) is 16.4. The molecule has 0 saturated heterocycles. The van der Waals surface area contributed by atoms with Gasteiger partial charge in [0.25, 0.3) is 0 Å². The number of hydrogen-bond acceptors (Lipinski definition) is 6. The number of aromatic nitrogens is 1. The number of amides is 3. The number of fused-ring (bicyclic) bond motifs is 1. The van der Waals surface area contributed by atoms with E-state index in [2.05, 4.69) is 35.0 Å². The molecule has 37 heavy (non-hydrogen) atoms. The van der Waals surface area contributed by atoms with Gasteiger partial charge in [-0.2, -0.15) is 5.26 Å². The van der Waals surface area contributed by atoms with E-state index in [0.29, 0.717) is 12.3 Å². The quantitative estimate of drug-likeness (QED) is 0.386. The number of rotatable bonds is 12. The molecule has 3 atom stereocenters. The van der Waals surface area contributed by atoms with Gasteiger partial charge in [-0.15, -0.1) is 11.3 Å². The highest BCUT2D eigenvalue weighted by Gasteiger charge is 2.27. The predicted octanol–water partition coefficient (Wildman–Crippen LogP) is 4.03. The van der Waals surface area contributed by atoms with E-state index in [-0.39, 0.29) is 36.7 Å². The predicted molar refractivity (Wildman–Crippen MR) is 146 cm³/mol. The molecule has 0 bridgehead atoms. The maximum absolute atomic E-state index is 13.5. The third-order valence-electron chi connectivity index (χ3n) is 7.06. The fourth-order valence-corrected chi connectivity index (χ4v) is 5.84. The maximum Gasteiger partial charge on any atom is 0.243 e. The van der Waals surface area contributed by atoms with Gasteiger partial charge in [0.15, 0.2) is 0 Å². The number of carbonyl (C=O) groups excluding carboxylic acids is 3. The van der Waals surface area contributed by atoms with E-state index in [4.69, 9.17) is 10.2 Å². The van der Waals surface area contributed by atoms with Gasteiger partial charge in [-0.1, -0.05) is 52.0 Å². The zero-order valence-electron chi connectivity index (χ0n) is 22.1. The smallest absolute Gasteiger partial charge is 0.243 e. The SMILES string of the molecule is CCC(=O)N[C@@H](Cc1nc2ccc(CC)cc2s1)C(=O)N[C@H](CNC(=O)C(C)C#N)CC1CCCCC1. The lowest BCUT2D eigenvalue weighted by atomic mass is 9.84. The fraction of sp³-hybridized carbons (Fsp3) is 0.607. The Morgan fingerprint density at radius 2 is 1.89 bits per heavy atom. The Balaban J connectivity index is 1.74. The first kappa shape index (κ1) is 28.6. The van der Waals surface area contributed by atoms with Gasteiger partial charge in [0.1, 0.15) is 12.0 Å². The summed E-state index contributed by atoms with van der Waals surface area (Å²) in [5, 5.41) is 18.6. The highest BCUT2D eigenvalue weighted by Crippen LogP contribution is 2.28. The van der Waals surface area contributed by atoms with Gasteiger partial charge >= 0.3 is 0 Å². The van der Waals surface area contributed by atoms with Crippen LogP contribution in [-0.2, 0) is 27.2 Å². The van der Waals surface area contributed by atoms with Crippen LogP contribution in [0, 0.1) is 23.2 Å². The highest BCUT2D eigenvalue weighted by molar-refractivity contribution is 7.18. The number of thiazole rings is 1. The van der Waals surface area contributed by atoms with Crippen molar-refractivity contribution in [1.29, 1.82) is 5.26 Å². The third kappa shape index (κ3) is 8.53. The van der Waals surface area contributed by atoms with E-state index in [1.165, 1.54) is 24.8 Å². The van der Waals surface area contributed by atoms with Crippen molar-refractivity contribution in [3.05, 3.63) is 28.8 Å². The molecule has 1 saturated carbocycles. The van der Waals surface area contributed by atoms with Gasteiger partial charge in [0, 0.05) is 25.4 Å². The summed E-state index contributed by atoms with van der Waals surface area (Å²) in [5.74, 6) is -1.10. The number of nitrogens with one attached hydrogen (secondary N) is 3. The van der Waals surface area contributed by atoms with Gasteiger partial charge in [0.05, 0.1) is 21.3 Å². The minimum absolute atomic E-state index is 0.200. The first-order chi connectivity index (χ1) is 17.8. The lowest BCUT2D eigenvalue weighted by Gasteiger charge is -2.29. The summed E-state index contributed by atoms with van der Waals surface area (Å²) in [6.45, 7) is 5.67. The lowest BCUT2D eigenvalue weighted by molar-refractivity contribution is -0.129. The van der Waals surface area contributed by atoms with Crippen LogP contribution in [-0.4, -0.2) is 41.3 Å². The van der Waals surface area contributed by atoms with Crippen molar-refractivity contribution < 1.29 is 14.4 Å². The second-order valence-electron chi connectivity index (χ2n) is 9.98. The van der Waals surface area contributed by atoms with Crippen LogP contribution in [0.25, 0.3) is 10.2 Å². The summed E-state index contributed by atoms with van der Waals surface area (Å²) >= 11 is 1.54. The lowest BCUT2D eigenvalue weighted by Crippen LogP contribution is -2.53. The standard InChI is InChI=1S/C28H39N5O3S/c1-4-19-11-12-22-24(14-19)37-26(33-22)15-23(32-25(34)5-2)28(36)31-21(13-20-9-7-6-8-10-20)17-30-27(35)18(3)16-29/h11-12,14,18,20-21,23H,4-10,13,15,17H2,1-3H3,(H,30,35)(H,31,36)(H,32,34)/t18?,21-,23-/m0/s1. The van der Waals surface area contributed by atoms with Crippen LogP contribution in [0.4, 0.5) is 0 Å². The molecule has 0 radical (unpaired) electrons. The molecule has 3 rings (SSSR count). The van der Waals surface area contributed by atoms with Gasteiger partial charge in [-0.3, -0.25) is 14.4 Å². The van der Waals surface area contributed by atoms with Crippen LogP contribution < -0.4 is 16.0 Å². The molecular formula is C28H39N5O3S. The Labute approximate surface area is 223 Å². The molecule has 1 aromatic heterocycles. The molecule has 9 heteroatoms. The average Bonchev–Trinajstić information content (AvgIpc) is 3.32. The van der Waals surface area contributed by atoms with Crippen molar-refractivity contribution in [3.8, 4) is 6.07 Å². The maximum atomic E-state index is 13.5. The van der Waals surface area contributed by atoms with Crippen molar-refractivity contribution in [2.24, 2.45) is 11.8 Å². The molecule has 1 fully saturated rings. The van der Waals surface area contributed by atoms with E-state index in [1.54, 1.807) is 25.2 Å². The summed E-state index contributed by atoms with van der Waals surface area (Å²) in [6.07, 6.45) is 8.06. The van der Waals surface area contributed by atoms with E-state index >= 15 is 0 Å². The monoisotopic (exact) mass is 525 g/mol. The number of aryl methyl sites for hydroxylation is 1. The van der Waals surface area contributed by atoms with Crippen LogP contribution in [0.3, 0.4) is 0 Å². The molecule has 1 aliphatic rings. The number of benzene rings is 1. The van der Waals surface area contributed by atoms with Crippen LogP contribution in [0.15, 0.2) is 18.2 Å². The molecule has 1 aromatic carbocycles. The Kier molecular flexibility index (Phi) is 10.9. The van der Waals surface area contributed by atoms with Crippen LogP contribution >= 0.6 is 11.3 Å².